The van der Waals surface area contributed by atoms with Gasteiger partial charge in [0.05, 0.1) is 26.3 Å². The molecule has 0 bridgehead atoms. The van der Waals surface area contributed by atoms with E-state index in [9.17, 15) is 9.59 Å². The average Bonchev–Trinajstić information content (AvgIpc) is 2.85. The Morgan fingerprint density at radius 1 is 1.22 bits per heavy atom. The highest BCUT2D eigenvalue weighted by molar-refractivity contribution is 5.90. The predicted octanol–water partition coefficient (Wildman–Crippen LogP) is 2.01. The maximum Gasteiger partial charge on any atom is 0.239 e. The highest BCUT2D eigenvalue weighted by atomic mass is 16.5. The zero-order valence-corrected chi connectivity index (χ0v) is 13.9. The third-order valence-electron chi connectivity index (χ3n) is 3.17. The molecular weight excluding hydrogens is 296 g/mol. The first-order valence-electron chi connectivity index (χ1n) is 7.40. The maximum absolute atomic E-state index is 12.0. The molecule has 2 N–H and O–H groups in total. The molecular formula is C17H22N2O4. The zero-order valence-electron chi connectivity index (χ0n) is 13.9. The van der Waals surface area contributed by atoms with Gasteiger partial charge in [0.25, 0.3) is 0 Å². The van der Waals surface area contributed by atoms with Crippen LogP contribution in [0.25, 0.3) is 11.0 Å². The lowest BCUT2D eigenvalue weighted by atomic mass is 10.1. The monoisotopic (exact) mass is 318 g/mol. The smallest absolute Gasteiger partial charge is 0.239 e. The van der Waals surface area contributed by atoms with Crippen molar-refractivity contribution in [2.75, 3.05) is 13.7 Å². The van der Waals surface area contributed by atoms with Gasteiger partial charge in [-0.1, -0.05) is 0 Å². The summed E-state index contributed by atoms with van der Waals surface area (Å²) in [5.41, 5.74) is 1.12. The Hall–Kier alpha value is -2.50. The molecule has 2 amide bonds. The molecule has 1 aromatic carbocycles. The van der Waals surface area contributed by atoms with Crippen LogP contribution in [0.2, 0.25) is 0 Å². The summed E-state index contributed by atoms with van der Waals surface area (Å²) in [4.78, 5) is 23.7. The third-order valence-corrected chi connectivity index (χ3v) is 3.17. The molecule has 0 aliphatic heterocycles. The van der Waals surface area contributed by atoms with Crippen LogP contribution in [-0.2, 0) is 16.0 Å². The first-order valence-corrected chi connectivity index (χ1v) is 7.40. The molecule has 0 spiro atoms. The molecule has 124 valence electrons. The van der Waals surface area contributed by atoms with Crippen LogP contribution in [0.5, 0.6) is 5.75 Å². The van der Waals surface area contributed by atoms with Gasteiger partial charge < -0.3 is 19.8 Å². The molecule has 0 aliphatic rings. The first-order chi connectivity index (χ1) is 10.8. The summed E-state index contributed by atoms with van der Waals surface area (Å²) in [6.45, 7) is 5.62. The number of rotatable bonds is 5. The fourth-order valence-electron chi connectivity index (χ4n) is 2.20. The van der Waals surface area contributed by atoms with Gasteiger partial charge in [-0.15, -0.1) is 0 Å². The lowest BCUT2D eigenvalue weighted by Gasteiger charge is -2.20. The number of hydrogen-bond donors (Lipinski definition) is 2. The Bertz CT molecular complexity index is 713. The van der Waals surface area contributed by atoms with Gasteiger partial charge in [0, 0.05) is 22.6 Å². The van der Waals surface area contributed by atoms with E-state index < -0.39 is 0 Å². The minimum atomic E-state index is -0.318. The van der Waals surface area contributed by atoms with Crippen LogP contribution in [0.4, 0.5) is 0 Å². The molecule has 0 radical (unpaired) electrons. The second-order valence-electron chi connectivity index (χ2n) is 6.37. The van der Waals surface area contributed by atoms with Crippen molar-refractivity contribution in [1.29, 1.82) is 0 Å². The van der Waals surface area contributed by atoms with Crippen LogP contribution in [0.3, 0.4) is 0 Å². The second-order valence-corrected chi connectivity index (χ2v) is 6.37. The van der Waals surface area contributed by atoms with Crippen LogP contribution in [0.15, 0.2) is 28.9 Å². The molecule has 0 saturated carbocycles. The average molecular weight is 318 g/mol. The normalized spacial score (nSPS) is 11.3. The van der Waals surface area contributed by atoms with Gasteiger partial charge in [0.1, 0.15) is 11.3 Å². The van der Waals surface area contributed by atoms with Crippen molar-refractivity contribution in [1.82, 2.24) is 10.6 Å². The van der Waals surface area contributed by atoms with Crippen LogP contribution in [0.1, 0.15) is 26.3 Å². The molecule has 1 aromatic heterocycles. The van der Waals surface area contributed by atoms with Crippen LogP contribution < -0.4 is 15.4 Å². The lowest BCUT2D eigenvalue weighted by molar-refractivity contribution is -0.126. The molecule has 6 heteroatoms. The minimum absolute atomic E-state index is 0.0420. The Kier molecular flexibility index (Phi) is 4.93. The van der Waals surface area contributed by atoms with Crippen molar-refractivity contribution in [3.05, 3.63) is 30.0 Å². The lowest BCUT2D eigenvalue weighted by Crippen LogP contribution is -2.46. The van der Waals surface area contributed by atoms with Gasteiger partial charge in [-0.05, 0) is 32.9 Å². The summed E-state index contributed by atoms with van der Waals surface area (Å²) >= 11 is 0. The van der Waals surface area contributed by atoms with Gasteiger partial charge in [0.2, 0.25) is 11.8 Å². The van der Waals surface area contributed by atoms with Crippen LogP contribution >= 0.6 is 0 Å². The van der Waals surface area contributed by atoms with E-state index in [1.54, 1.807) is 19.4 Å². The first kappa shape index (κ1) is 16.9. The molecule has 23 heavy (non-hydrogen) atoms. The Balaban J connectivity index is 1.94. The number of furan rings is 1. The number of nitrogens with one attached hydrogen (secondary N) is 2. The van der Waals surface area contributed by atoms with E-state index in [0.29, 0.717) is 11.3 Å². The third kappa shape index (κ3) is 4.74. The quantitative estimate of drug-likeness (QED) is 0.884. The van der Waals surface area contributed by atoms with Crippen LogP contribution in [-0.4, -0.2) is 31.0 Å². The Morgan fingerprint density at radius 2 is 1.96 bits per heavy atom. The number of hydrogen-bond acceptors (Lipinski definition) is 4. The summed E-state index contributed by atoms with van der Waals surface area (Å²) in [6, 6.07) is 5.44. The Morgan fingerprint density at radius 3 is 2.61 bits per heavy atom. The van der Waals surface area contributed by atoms with E-state index in [4.69, 9.17) is 9.15 Å². The Labute approximate surface area is 135 Å². The summed E-state index contributed by atoms with van der Waals surface area (Å²) in [7, 11) is 1.58. The largest absolute Gasteiger partial charge is 0.497 e. The number of methoxy groups -OCH3 is 1. The number of ether oxygens (including phenoxy) is 1. The number of carbonyl (C=O) groups is 2. The van der Waals surface area contributed by atoms with E-state index in [1.807, 2.05) is 32.9 Å². The molecule has 0 atom stereocenters. The summed E-state index contributed by atoms with van der Waals surface area (Å²) in [5, 5.41) is 6.26. The van der Waals surface area contributed by atoms with E-state index in [-0.39, 0.29) is 30.3 Å². The number of carbonyl (C=O) groups excluding carboxylic acids is 2. The van der Waals surface area contributed by atoms with Gasteiger partial charge in [-0.2, -0.15) is 0 Å². The zero-order chi connectivity index (χ0) is 17.0. The molecule has 2 aromatic rings. The van der Waals surface area contributed by atoms with Crippen molar-refractivity contribution >= 4 is 22.8 Å². The van der Waals surface area contributed by atoms with Gasteiger partial charge >= 0.3 is 0 Å². The van der Waals surface area contributed by atoms with E-state index in [0.717, 1.165) is 10.9 Å². The molecule has 0 unspecified atom stereocenters. The highest BCUT2D eigenvalue weighted by Crippen LogP contribution is 2.25. The topological polar surface area (TPSA) is 80.6 Å². The van der Waals surface area contributed by atoms with Crippen molar-refractivity contribution in [2.24, 2.45) is 0 Å². The maximum atomic E-state index is 12.0. The standard InChI is InChI=1S/C17H22N2O4/c1-17(2,3)19-16(21)9-18-15(20)7-11-10-23-14-8-12(22-4)5-6-13(11)14/h5-6,8,10H,7,9H2,1-4H3,(H,18,20)(H,19,21). The summed E-state index contributed by atoms with van der Waals surface area (Å²) in [6.07, 6.45) is 1.71. The summed E-state index contributed by atoms with van der Waals surface area (Å²) in [5.74, 6) is 0.252. The molecule has 2 rings (SSSR count). The van der Waals surface area contributed by atoms with Gasteiger partial charge in [-0.3, -0.25) is 9.59 Å². The van der Waals surface area contributed by atoms with Crippen LogP contribution in [0, 0.1) is 0 Å². The minimum Gasteiger partial charge on any atom is -0.497 e. The highest BCUT2D eigenvalue weighted by Gasteiger charge is 2.15. The fourth-order valence-corrected chi connectivity index (χ4v) is 2.20. The van der Waals surface area contributed by atoms with Crippen molar-refractivity contribution in [3.8, 4) is 5.75 Å². The molecule has 0 fully saturated rings. The van der Waals surface area contributed by atoms with Gasteiger partial charge in [-0.25, -0.2) is 0 Å². The van der Waals surface area contributed by atoms with E-state index >= 15 is 0 Å². The molecule has 6 nitrogen and oxygen atoms in total. The fraction of sp³-hybridized carbons (Fsp3) is 0.412. The summed E-state index contributed by atoms with van der Waals surface area (Å²) < 4.78 is 10.6. The molecule has 0 saturated heterocycles. The van der Waals surface area contributed by atoms with Gasteiger partial charge in [0.15, 0.2) is 0 Å². The molecule has 1 heterocycles. The van der Waals surface area contributed by atoms with Crippen molar-refractivity contribution in [2.45, 2.75) is 32.7 Å². The van der Waals surface area contributed by atoms with E-state index in [1.165, 1.54) is 0 Å². The SMILES string of the molecule is COc1ccc2c(CC(=O)NCC(=O)NC(C)(C)C)coc2c1. The molecule has 0 aliphatic carbocycles. The van der Waals surface area contributed by atoms with Crippen molar-refractivity contribution < 1.29 is 18.7 Å². The predicted molar refractivity (Wildman–Crippen MR) is 87.4 cm³/mol. The number of benzene rings is 1. The number of fused-ring (bicyclic) bond motifs is 1. The van der Waals surface area contributed by atoms with E-state index in [2.05, 4.69) is 10.6 Å². The number of amides is 2. The van der Waals surface area contributed by atoms with Crippen molar-refractivity contribution in [3.63, 3.8) is 0 Å². The second kappa shape index (κ2) is 6.73.